The molecule has 0 bridgehead atoms. The number of piperazine rings is 1. The maximum atomic E-state index is 13.2. The van der Waals surface area contributed by atoms with Crippen LogP contribution >= 0.6 is 0 Å². The second-order valence-corrected chi connectivity index (χ2v) is 5.22. The quantitative estimate of drug-likeness (QED) is 0.900. The zero-order valence-electron chi connectivity index (χ0n) is 11.9. The van der Waals surface area contributed by atoms with E-state index in [0.29, 0.717) is 6.54 Å². The van der Waals surface area contributed by atoms with Crippen LogP contribution < -0.4 is 5.73 Å². The second kappa shape index (κ2) is 6.46. The third kappa shape index (κ3) is 3.32. The second-order valence-electron chi connectivity index (χ2n) is 5.22. The molecule has 2 rings (SSSR count). The van der Waals surface area contributed by atoms with Crippen molar-refractivity contribution < 1.29 is 4.39 Å². The zero-order chi connectivity index (χ0) is 13.8. The molecule has 0 radical (unpaired) electrons. The van der Waals surface area contributed by atoms with E-state index >= 15 is 0 Å². The molecule has 2 N–H and O–H groups in total. The van der Waals surface area contributed by atoms with Gasteiger partial charge in [0.25, 0.3) is 0 Å². The van der Waals surface area contributed by atoms with Crippen LogP contribution in [0.25, 0.3) is 0 Å². The van der Waals surface area contributed by atoms with Gasteiger partial charge in [0.05, 0.1) is 0 Å². The summed E-state index contributed by atoms with van der Waals surface area (Å²) in [7, 11) is 0. The lowest BCUT2D eigenvalue weighted by atomic mass is 9.99. The minimum atomic E-state index is -0.173. The van der Waals surface area contributed by atoms with Crippen LogP contribution in [-0.4, -0.2) is 49.1 Å². The monoisotopic (exact) mass is 265 g/mol. The summed E-state index contributed by atoms with van der Waals surface area (Å²) in [5, 5.41) is 0. The summed E-state index contributed by atoms with van der Waals surface area (Å²) in [6.45, 7) is 10.1. The lowest BCUT2D eigenvalue weighted by Gasteiger charge is -2.39. The highest BCUT2D eigenvalue weighted by Crippen LogP contribution is 2.24. The van der Waals surface area contributed by atoms with Gasteiger partial charge in [0.1, 0.15) is 5.82 Å². The molecule has 1 atom stereocenters. The first-order chi connectivity index (χ1) is 9.15. The van der Waals surface area contributed by atoms with E-state index in [1.54, 1.807) is 6.07 Å². The smallest absolute Gasteiger partial charge is 0.123 e. The summed E-state index contributed by atoms with van der Waals surface area (Å²) in [6.07, 6.45) is 0. The normalized spacial score (nSPS) is 19.6. The van der Waals surface area contributed by atoms with Gasteiger partial charge in [-0.1, -0.05) is 13.0 Å². The van der Waals surface area contributed by atoms with Crippen molar-refractivity contribution in [2.45, 2.75) is 19.9 Å². The van der Waals surface area contributed by atoms with E-state index in [1.165, 1.54) is 6.07 Å². The Balaban J connectivity index is 2.12. The molecule has 19 heavy (non-hydrogen) atoms. The lowest BCUT2D eigenvalue weighted by Crippen LogP contribution is -2.48. The molecule has 1 aliphatic heterocycles. The van der Waals surface area contributed by atoms with Crippen molar-refractivity contribution in [3.8, 4) is 0 Å². The highest BCUT2D eigenvalue weighted by molar-refractivity contribution is 5.30. The molecule has 1 aromatic carbocycles. The van der Waals surface area contributed by atoms with Gasteiger partial charge in [-0.3, -0.25) is 4.90 Å². The third-order valence-electron chi connectivity index (χ3n) is 4.11. The number of hydrogen-bond donors (Lipinski definition) is 1. The van der Waals surface area contributed by atoms with Gasteiger partial charge in [0.15, 0.2) is 0 Å². The molecule has 1 heterocycles. The van der Waals surface area contributed by atoms with Crippen molar-refractivity contribution >= 4 is 0 Å². The molecule has 0 aliphatic carbocycles. The Labute approximate surface area is 115 Å². The van der Waals surface area contributed by atoms with Crippen molar-refractivity contribution in [3.63, 3.8) is 0 Å². The van der Waals surface area contributed by atoms with Crippen LogP contribution in [0.1, 0.15) is 24.1 Å². The molecule has 3 nitrogen and oxygen atoms in total. The number of aryl methyl sites for hydroxylation is 1. The van der Waals surface area contributed by atoms with E-state index in [9.17, 15) is 4.39 Å². The van der Waals surface area contributed by atoms with E-state index in [0.717, 1.165) is 43.9 Å². The van der Waals surface area contributed by atoms with Gasteiger partial charge >= 0.3 is 0 Å². The van der Waals surface area contributed by atoms with Crippen LogP contribution in [0, 0.1) is 12.7 Å². The molecular formula is C15H24FN3. The SMILES string of the molecule is CCN1CCN(C(CN)c2ccc(F)cc2C)CC1. The van der Waals surface area contributed by atoms with Crippen LogP contribution in [0.4, 0.5) is 4.39 Å². The van der Waals surface area contributed by atoms with E-state index in [2.05, 4.69) is 16.7 Å². The average molecular weight is 265 g/mol. The summed E-state index contributed by atoms with van der Waals surface area (Å²) < 4.78 is 13.2. The predicted octanol–water partition coefficient (Wildman–Crippen LogP) is 1.77. The fraction of sp³-hybridized carbons (Fsp3) is 0.600. The standard InChI is InChI=1S/C15H24FN3/c1-3-18-6-8-19(9-7-18)15(11-17)14-5-4-13(16)10-12(14)2/h4-5,10,15H,3,6-9,11,17H2,1-2H3. The minimum absolute atomic E-state index is 0.173. The maximum absolute atomic E-state index is 13.2. The highest BCUT2D eigenvalue weighted by atomic mass is 19.1. The third-order valence-corrected chi connectivity index (χ3v) is 4.11. The van der Waals surface area contributed by atoms with E-state index in [-0.39, 0.29) is 11.9 Å². The van der Waals surface area contributed by atoms with Crippen LogP contribution in [0.3, 0.4) is 0 Å². The van der Waals surface area contributed by atoms with Crippen LogP contribution in [0.15, 0.2) is 18.2 Å². The van der Waals surface area contributed by atoms with Crippen molar-refractivity contribution in [1.82, 2.24) is 9.80 Å². The Morgan fingerprint density at radius 1 is 1.26 bits per heavy atom. The Hall–Kier alpha value is -0.970. The van der Waals surface area contributed by atoms with Gasteiger partial charge in [-0.05, 0) is 36.7 Å². The van der Waals surface area contributed by atoms with Crippen molar-refractivity contribution in [2.75, 3.05) is 39.3 Å². The number of benzene rings is 1. The first kappa shape index (κ1) is 14.4. The van der Waals surface area contributed by atoms with Gasteiger partial charge in [0.2, 0.25) is 0 Å². The summed E-state index contributed by atoms with van der Waals surface area (Å²) in [4.78, 5) is 4.87. The molecule has 0 aromatic heterocycles. The topological polar surface area (TPSA) is 32.5 Å². The molecule has 4 heteroatoms. The van der Waals surface area contributed by atoms with Gasteiger partial charge in [-0.15, -0.1) is 0 Å². The van der Waals surface area contributed by atoms with Gasteiger partial charge in [-0.25, -0.2) is 4.39 Å². The van der Waals surface area contributed by atoms with E-state index in [1.807, 2.05) is 13.0 Å². The molecule has 1 aliphatic rings. The Morgan fingerprint density at radius 3 is 2.47 bits per heavy atom. The molecule has 0 spiro atoms. The molecule has 106 valence electrons. The largest absolute Gasteiger partial charge is 0.329 e. The van der Waals surface area contributed by atoms with Crippen molar-refractivity contribution in [2.24, 2.45) is 5.73 Å². The molecule has 0 saturated carbocycles. The number of hydrogen-bond acceptors (Lipinski definition) is 3. The number of nitrogens with zero attached hydrogens (tertiary/aromatic N) is 2. The average Bonchev–Trinajstić information content (AvgIpc) is 2.42. The lowest BCUT2D eigenvalue weighted by molar-refractivity contribution is 0.102. The first-order valence-corrected chi connectivity index (χ1v) is 7.08. The fourth-order valence-corrected chi connectivity index (χ4v) is 2.88. The minimum Gasteiger partial charge on any atom is -0.329 e. The molecular weight excluding hydrogens is 241 g/mol. The molecule has 1 unspecified atom stereocenters. The Bertz CT molecular complexity index is 414. The molecule has 1 saturated heterocycles. The van der Waals surface area contributed by atoms with Gasteiger partial charge in [-0.2, -0.15) is 0 Å². The summed E-state index contributed by atoms with van der Waals surface area (Å²) in [5.74, 6) is -0.173. The maximum Gasteiger partial charge on any atom is 0.123 e. The van der Waals surface area contributed by atoms with Crippen molar-refractivity contribution in [3.05, 3.63) is 35.1 Å². The van der Waals surface area contributed by atoms with Crippen LogP contribution in [-0.2, 0) is 0 Å². The molecule has 0 amide bonds. The van der Waals surface area contributed by atoms with E-state index < -0.39 is 0 Å². The zero-order valence-corrected chi connectivity index (χ0v) is 11.9. The van der Waals surface area contributed by atoms with Crippen LogP contribution in [0.2, 0.25) is 0 Å². The Kier molecular flexibility index (Phi) is 4.91. The van der Waals surface area contributed by atoms with E-state index in [4.69, 9.17) is 5.73 Å². The predicted molar refractivity (Wildman–Crippen MR) is 76.6 cm³/mol. The Morgan fingerprint density at radius 2 is 1.95 bits per heavy atom. The number of halogens is 1. The number of rotatable bonds is 4. The first-order valence-electron chi connectivity index (χ1n) is 7.08. The fourth-order valence-electron chi connectivity index (χ4n) is 2.88. The summed E-state index contributed by atoms with van der Waals surface area (Å²) in [6, 6.07) is 5.22. The van der Waals surface area contributed by atoms with Gasteiger partial charge in [0, 0.05) is 38.8 Å². The number of likely N-dealkylation sites (N-methyl/N-ethyl adjacent to an activating group) is 1. The molecule has 1 fully saturated rings. The summed E-state index contributed by atoms with van der Waals surface area (Å²) in [5.41, 5.74) is 8.12. The van der Waals surface area contributed by atoms with Gasteiger partial charge < -0.3 is 10.6 Å². The highest BCUT2D eigenvalue weighted by Gasteiger charge is 2.24. The molecule has 1 aromatic rings. The summed E-state index contributed by atoms with van der Waals surface area (Å²) >= 11 is 0. The van der Waals surface area contributed by atoms with Crippen LogP contribution in [0.5, 0.6) is 0 Å². The number of nitrogens with two attached hydrogens (primary N) is 1. The van der Waals surface area contributed by atoms with Crippen molar-refractivity contribution in [1.29, 1.82) is 0 Å².